The van der Waals surface area contributed by atoms with Crippen LogP contribution in [0.1, 0.15) is 25.8 Å². The Morgan fingerprint density at radius 2 is 2.21 bits per heavy atom. The maximum atomic E-state index is 9.90. The highest BCUT2D eigenvalue weighted by Gasteiger charge is 2.06. The number of nitrogens with zero attached hydrogens (tertiary/aromatic N) is 1. The Bertz CT molecular complexity index is 431. The van der Waals surface area contributed by atoms with Crippen molar-refractivity contribution in [2.45, 2.75) is 26.8 Å². The molecule has 1 rings (SSSR count). The van der Waals surface area contributed by atoms with Crippen molar-refractivity contribution in [3.05, 3.63) is 23.8 Å². The summed E-state index contributed by atoms with van der Waals surface area (Å²) >= 11 is 0. The number of aliphatic imine (C=N–C) groups is 1. The molecule has 0 aliphatic heterocycles. The predicted molar refractivity (Wildman–Crippen MR) is 77.4 cm³/mol. The van der Waals surface area contributed by atoms with Gasteiger partial charge in [-0.05, 0) is 18.4 Å². The molecule has 0 aliphatic rings. The van der Waals surface area contributed by atoms with E-state index in [2.05, 4.69) is 24.2 Å². The molecule has 1 aromatic rings. The van der Waals surface area contributed by atoms with Crippen molar-refractivity contribution in [1.29, 1.82) is 0 Å². The third-order valence-electron chi connectivity index (χ3n) is 2.75. The Balaban J connectivity index is 2.55. The SMILES string of the molecule is COc1cccc(CN=C(N)NCCC(C)C)c1O. The average Bonchev–Trinajstić information content (AvgIpc) is 2.37. The molecular formula is C14H23N3O2. The van der Waals surface area contributed by atoms with Gasteiger partial charge in [0.2, 0.25) is 0 Å². The minimum atomic E-state index is 0.115. The molecule has 1 aromatic carbocycles. The van der Waals surface area contributed by atoms with Crippen LogP contribution in [-0.4, -0.2) is 24.7 Å². The van der Waals surface area contributed by atoms with E-state index in [1.807, 2.05) is 6.07 Å². The lowest BCUT2D eigenvalue weighted by Crippen LogP contribution is -2.32. The molecule has 19 heavy (non-hydrogen) atoms. The molecule has 0 spiro atoms. The van der Waals surface area contributed by atoms with Gasteiger partial charge in [0.15, 0.2) is 17.5 Å². The number of hydrogen-bond donors (Lipinski definition) is 3. The Hall–Kier alpha value is -1.91. The zero-order chi connectivity index (χ0) is 14.3. The maximum absolute atomic E-state index is 9.90. The average molecular weight is 265 g/mol. The standard InChI is InChI=1S/C14H23N3O2/c1-10(2)7-8-16-14(15)17-9-11-5-4-6-12(19-3)13(11)18/h4-6,10,18H,7-9H2,1-3H3,(H3,15,16,17). The summed E-state index contributed by atoms with van der Waals surface area (Å²) in [6.07, 6.45) is 1.04. The molecule has 106 valence electrons. The number of para-hydroxylation sites is 1. The summed E-state index contributed by atoms with van der Waals surface area (Å²) in [6, 6.07) is 5.31. The van der Waals surface area contributed by atoms with Crippen LogP contribution in [0.15, 0.2) is 23.2 Å². The van der Waals surface area contributed by atoms with Crippen molar-refractivity contribution in [3.63, 3.8) is 0 Å². The van der Waals surface area contributed by atoms with E-state index in [1.54, 1.807) is 12.1 Å². The first-order valence-corrected chi connectivity index (χ1v) is 6.43. The molecule has 0 saturated carbocycles. The number of benzene rings is 1. The quantitative estimate of drug-likeness (QED) is 0.541. The number of hydrogen-bond acceptors (Lipinski definition) is 3. The van der Waals surface area contributed by atoms with Crippen molar-refractivity contribution in [2.75, 3.05) is 13.7 Å². The number of nitrogens with one attached hydrogen (secondary N) is 1. The summed E-state index contributed by atoms with van der Waals surface area (Å²) in [5.41, 5.74) is 6.44. The number of nitrogens with two attached hydrogens (primary N) is 1. The van der Waals surface area contributed by atoms with E-state index >= 15 is 0 Å². The molecule has 4 N–H and O–H groups in total. The summed E-state index contributed by atoms with van der Waals surface area (Å²) in [5, 5.41) is 12.9. The van der Waals surface area contributed by atoms with Crippen LogP contribution in [-0.2, 0) is 6.54 Å². The van der Waals surface area contributed by atoms with Crippen molar-refractivity contribution < 1.29 is 9.84 Å². The zero-order valence-corrected chi connectivity index (χ0v) is 11.8. The largest absolute Gasteiger partial charge is 0.504 e. The van der Waals surface area contributed by atoms with E-state index in [4.69, 9.17) is 10.5 Å². The second-order valence-corrected chi connectivity index (χ2v) is 4.78. The fourth-order valence-corrected chi connectivity index (χ4v) is 1.58. The molecule has 0 heterocycles. The van der Waals surface area contributed by atoms with Crippen LogP contribution >= 0.6 is 0 Å². The summed E-state index contributed by atoms with van der Waals surface area (Å²) in [7, 11) is 1.52. The molecule has 0 unspecified atom stereocenters. The van der Waals surface area contributed by atoms with Crippen LogP contribution in [0, 0.1) is 5.92 Å². The van der Waals surface area contributed by atoms with Gasteiger partial charge < -0.3 is 20.9 Å². The third kappa shape index (κ3) is 5.07. The second kappa shape index (κ2) is 7.51. The molecule has 5 heteroatoms. The van der Waals surface area contributed by atoms with Crippen molar-refractivity contribution >= 4 is 5.96 Å². The summed E-state index contributed by atoms with van der Waals surface area (Å²) < 4.78 is 5.04. The Kier molecular flexibility index (Phi) is 5.99. The van der Waals surface area contributed by atoms with E-state index in [0.717, 1.165) is 13.0 Å². The highest BCUT2D eigenvalue weighted by atomic mass is 16.5. The van der Waals surface area contributed by atoms with Crippen molar-refractivity contribution in [2.24, 2.45) is 16.6 Å². The normalized spacial score (nSPS) is 11.7. The Morgan fingerprint density at radius 3 is 2.84 bits per heavy atom. The van der Waals surface area contributed by atoms with Crippen LogP contribution < -0.4 is 15.8 Å². The lowest BCUT2D eigenvalue weighted by atomic mass is 10.1. The second-order valence-electron chi connectivity index (χ2n) is 4.78. The van der Waals surface area contributed by atoms with Crippen LogP contribution in [0.4, 0.5) is 0 Å². The van der Waals surface area contributed by atoms with Gasteiger partial charge in [-0.1, -0.05) is 26.0 Å². The number of aromatic hydroxyl groups is 1. The van der Waals surface area contributed by atoms with Gasteiger partial charge in [-0.2, -0.15) is 0 Å². The first kappa shape index (κ1) is 15.1. The first-order valence-electron chi connectivity index (χ1n) is 6.43. The topological polar surface area (TPSA) is 79.9 Å². The molecule has 0 bridgehead atoms. The van der Waals surface area contributed by atoms with E-state index in [0.29, 0.717) is 29.7 Å². The fourth-order valence-electron chi connectivity index (χ4n) is 1.58. The number of ether oxygens (including phenoxy) is 1. The molecular weight excluding hydrogens is 242 g/mol. The van der Waals surface area contributed by atoms with Gasteiger partial charge in [0.05, 0.1) is 13.7 Å². The van der Waals surface area contributed by atoms with Gasteiger partial charge in [-0.25, -0.2) is 4.99 Å². The maximum Gasteiger partial charge on any atom is 0.188 e. The number of phenols is 1. The van der Waals surface area contributed by atoms with Crippen LogP contribution in [0.25, 0.3) is 0 Å². The monoisotopic (exact) mass is 265 g/mol. The molecule has 0 radical (unpaired) electrons. The van der Waals surface area contributed by atoms with E-state index in [-0.39, 0.29) is 5.75 Å². The molecule has 0 atom stereocenters. The van der Waals surface area contributed by atoms with Gasteiger partial charge in [-0.15, -0.1) is 0 Å². The highest BCUT2D eigenvalue weighted by molar-refractivity contribution is 5.77. The molecule has 0 amide bonds. The van der Waals surface area contributed by atoms with Gasteiger partial charge in [0.25, 0.3) is 0 Å². The lowest BCUT2D eigenvalue weighted by molar-refractivity contribution is 0.370. The third-order valence-corrected chi connectivity index (χ3v) is 2.75. The van der Waals surface area contributed by atoms with Gasteiger partial charge in [0, 0.05) is 12.1 Å². The Morgan fingerprint density at radius 1 is 1.47 bits per heavy atom. The minimum Gasteiger partial charge on any atom is -0.504 e. The number of phenolic OH excluding ortho intramolecular Hbond substituents is 1. The number of guanidine groups is 1. The molecule has 0 aliphatic carbocycles. The van der Waals surface area contributed by atoms with Crippen LogP contribution in [0.3, 0.4) is 0 Å². The van der Waals surface area contributed by atoms with Crippen molar-refractivity contribution in [1.82, 2.24) is 5.32 Å². The molecule has 5 nitrogen and oxygen atoms in total. The highest BCUT2D eigenvalue weighted by Crippen LogP contribution is 2.29. The van der Waals surface area contributed by atoms with E-state index in [9.17, 15) is 5.11 Å². The first-order chi connectivity index (χ1) is 9.04. The van der Waals surface area contributed by atoms with Crippen LogP contribution in [0.5, 0.6) is 11.5 Å². The predicted octanol–water partition coefficient (Wildman–Crippen LogP) is 1.85. The fraction of sp³-hybridized carbons (Fsp3) is 0.500. The summed E-state index contributed by atoms with van der Waals surface area (Å²) in [4.78, 5) is 4.20. The molecule has 0 aromatic heterocycles. The van der Waals surface area contributed by atoms with Gasteiger partial charge in [0.1, 0.15) is 0 Å². The molecule has 0 fully saturated rings. The lowest BCUT2D eigenvalue weighted by Gasteiger charge is -2.09. The molecule has 0 saturated heterocycles. The van der Waals surface area contributed by atoms with E-state index in [1.165, 1.54) is 7.11 Å². The number of rotatable bonds is 6. The van der Waals surface area contributed by atoms with Crippen LogP contribution in [0.2, 0.25) is 0 Å². The number of methoxy groups -OCH3 is 1. The summed E-state index contributed by atoms with van der Waals surface area (Å²) in [6.45, 7) is 5.44. The zero-order valence-electron chi connectivity index (χ0n) is 11.8. The van der Waals surface area contributed by atoms with Crippen molar-refractivity contribution in [3.8, 4) is 11.5 Å². The smallest absolute Gasteiger partial charge is 0.188 e. The minimum absolute atomic E-state index is 0.115. The Labute approximate surface area is 114 Å². The van der Waals surface area contributed by atoms with Gasteiger partial charge in [-0.3, -0.25) is 0 Å². The van der Waals surface area contributed by atoms with Gasteiger partial charge >= 0.3 is 0 Å². The van der Waals surface area contributed by atoms with E-state index < -0.39 is 0 Å². The summed E-state index contributed by atoms with van der Waals surface area (Å²) in [5.74, 6) is 1.58.